The lowest BCUT2D eigenvalue weighted by Gasteiger charge is -2.27. The van der Waals surface area contributed by atoms with Crippen molar-refractivity contribution in [2.45, 2.75) is 9.79 Å². The minimum atomic E-state index is 0.684. The fourth-order valence-electron chi connectivity index (χ4n) is 10.1. The second-order valence-corrected chi connectivity index (χ2v) is 17.3. The van der Waals surface area contributed by atoms with E-state index in [1.807, 2.05) is 17.8 Å². The van der Waals surface area contributed by atoms with Gasteiger partial charge in [-0.15, -0.1) is 0 Å². The zero-order chi connectivity index (χ0) is 41.8. The highest BCUT2D eigenvalue weighted by atomic mass is 32.2. The average molecular weight is 824 g/mol. The average Bonchev–Trinajstić information content (AvgIpc) is 3.88. The summed E-state index contributed by atoms with van der Waals surface area (Å²) in [6, 6.07) is 65.3. The molecule has 2 aliphatic heterocycles. The van der Waals surface area contributed by atoms with Gasteiger partial charge in [-0.1, -0.05) is 158 Å². The first-order valence-corrected chi connectivity index (χ1v) is 22.1. The van der Waals surface area contributed by atoms with Gasteiger partial charge in [0.25, 0.3) is 0 Å². The van der Waals surface area contributed by atoms with E-state index in [1.54, 1.807) is 0 Å². The summed E-state index contributed by atoms with van der Waals surface area (Å²) in [6.07, 6.45) is 6.38. The molecule has 0 radical (unpaired) electrons. The van der Waals surface area contributed by atoms with Crippen LogP contribution in [-0.2, 0) is 0 Å². The van der Waals surface area contributed by atoms with Gasteiger partial charge in [-0.05, 0) is 77.9 Å². The van der Waals surface area contributed by atoms with Gasteiger partial charge < -0.3 is 18.5 Å². The number of hydrogen-bond acceptors (Lipinski definition) is 3. The molecule has 13 rings (SSSR count). The largest absolute Gasteiger partial charge is 0.452 e. The Kier molecular flexibility index (Phi) is 7.81. The summed E-state index contributed by atoms with van der Waals surface area (Å²) in [5.41, 5.74) is 16.8. The summed E-state index contributed by atoms with van der Waals surface area (Å²) in [6.45, 7) is 9.17. The van der Waals surface area contributed by atoms with Crippen LogP contribution in [0.2, 0.25) is 0 Å². The maximum Gasteiger partial charge on any atom is 0.159 e. The third kappa shape index (κ3) is 5.18. The van der Waals surface area contributed by atoms with E-state index in [0.29, 0.717) is 5.42 Å². The predicted molar refractivity (Wildman–Crippen MR) is 265 cm³/mol. The Hall–Kier alpha value is -7.99. The van der Waals surface area contributed by atoms with Crippen LogP contribution in [0.1, 0.15) is 11.1 Å². The van der Waals surface area contributed by atoms with Gasteiger partial charge in [-0.25, -0.2) is 0 Å². The van der Waals surface area contributed by atoms with Crippen LogP contribution >= 0.6 is 11.8 Å². The number of anilines is 3. The van der Waals surface area contributed by atoms with Crippen LogP contribution in [0.15, 0.2) is 209 Å². The quantitative estimate of drug-likeness (QED) is 0.177. The van der Waals surface area contributed by atoms with E-state index in [2.05, 4.69) is 215 Å². The van der Waals surface area contributed by atoms with Crippen molar-refractivity contribution in [3.63, 3.8) is 0 Å². The molecule has 0 fully saturated rings. The first-order chi connectivity index (χ1) is 31.2. The van der Waals surface area contributed by atoms with Gasteiger partial charge in [0, 0.05) is 58.9 Å². The van der Waals surface area contributed by atoms with Crippen LogP contribution in [0.4, 0.5) is 17.1 Å². The minimum Gasteiger partial charge on any atom is -0.452 e. The first kappa shape index (κ1) is 35.7. The topological polar surface area (TPSA) is 26.2 Å². The van der Waals surface area contributed by atoms with Crippen LogP contribution in [0.5, 0.6) is 0 Å². The molecule has 4 nitrogen and oxygen atoms in total. The molecule has 0 unspecified atom stereocenters. The Labute approximate surface area is 367 Å². The van der Waals surface area contributed by atoms with E-state index in [1.165, 1.54) is 48.2 Å². The standard InChI is InChI=1S/C58H37N3OS/c1-3-46(60-47-26-12-8-21-41(47)45-35-54-38(34-52(45)60)33-32-37-18-7-16-31-53(37)63-54)57-36(2)40-25-17-30-51(58(40)62-57)61-49-28-14-10-23-43(49)55-42-22-9-13-27-48(42)59(39-19-5-4-6-20-39)56(55)44-24-11-15-29-50(44)61/h3-35H,1-2H2/b57-46-. The molecule has 8 aromatic carbocycles. The molecule has 63 heavy (non-hydrogen) atoms. The normalized spacial score (nSPS) is 13.3. The molecule has 296 valence electrons. The van der Waals surface area contributed by atoms with E-state index in [-0.39, 0.29) is 0 Å². The molecule has 0 saturated heterocycles. The second-order valence-electron chi connectivity index (χ2n) is 16.2. The van der Waals surface area contributed by atoms with Gasteiger partial charge in [0.1, 0.15) is 0 Å². The lowest BCUT2D eigenvalue weighted by Crippen LogP contribution is -2.23. The number of furan rings is 1. The molecule has 2 aliphatic rings. The summed E-state index contributed by atoms with van der Waals surface area (Å²) >= 11 is 1.82. The lowest BCUT2D eigenvalue weighted by atomic mass is 9.98. The van der Waals surface area contributed by atoms with Crippen molar-refractivity contribution in [1.29, 1.82) is 0 Å². The zero-order valence-corrected chi connectivity index (χ0v) is 34.9. The van der Waals surface area contributed by atoms with E-state index in [9.17, 15) is 0 Å². The molecule has 0 aliphatic carbocycles. The summed E-state index contributed by atoms with van der Waals surface area (Å²) in [5.74, 6) is 0. The van der Waals surface area contributed by atoms with Crippen LogP contribution in [0.25, 0.3) is 96.2 Å². The fraction of sp³-hybridized carbons (Fsp3) is 0. The van der Waals surface area contributed by atoms with Gasteiger partial charge in [0.15, 0.2) is 11.0 Å². The molecule has 0 saturated carbocycles. The van der Waals surface area contributed by atoms with Gasteiger partial charge >= 0.3 is 0 Å². The lowest BCUT2D eigenvalue weighted by molar-refractivity contribution is 0.571. The van der Waals surface area contributed by atoms with Crippen molar-refractivity contribution in [2.75, 3.05) is 4.90 Å². The molecule has 5 heterocycles. The van der Waals surface area contributed by atoms with E-state index >= 15 is 0 Å². The second kappa shape index (κ2) is 13.8. The van der Waals surface area contributed by atoms with Crippen molar-refractivity contribution in [1.82, 2.24) is 9.13 Å². The molecule has 5 heteroatoms. The number of nitrogens with zero attached hydrogens (tertiary/aromatic N) is 3. The number of hydrogen-bond donors (Lipinski definition) is 0. The zero-order valence-electron chi connectivity index (χ0n) is 34.1. The van der Waals surface area contributed by atoms with Gasteiger partial charge in [-0.3, -0.25) is 0 Å². The Morgan fingerprint density at radius 3 is 2.02 bits per heavy atom. The van der Waals surface area contributed by atoms with Crippen LogP contribution in [0, 0.1) is 0 Å². The Bertz CT molecular complexity index is 3880. The van der Waals surface area contributed by atoms with E-state index < -0.39 is 0 Å². The molecule has 11 aromatic rings. The number of allylic oxidation sites excluding steroid dienone is 1. The van der Waals surface area contributed by atoms with Gasteiger partial charge in [0.2, 0.25) is 0 Å². The highest BCUT2D eigenvalue weighted by Crippen LogP contribution is 2.55. The minimum absolute atomic E-state index is 0.684. The summed E-state index contributed by atoms with van der Waals surface area (Å²) in [5, 5.41) is 5.31. The SMILES string of the molecule is C=C/C(=c1/oc2c(N3c4ccccc4-c4c(n(-c5ccccc5)c5ccccc45)-c4ccccc43)cccc2c1=C)n1c2ccccc2c2cc3c(cc21)C=Cc1ccccc1S3. The number of para-hydroxylation sites is 6. The summed E-state index contributed by atoms with van der Waals surface area (Å²) in [4.78, 5) is 4.86. The number of fused-ring (bicyclic) bond motifs is 13. The van der Waals surface area contributed by atoms with E-state index in [4.69, 9.17) is 11.0 Å². The van der Waals surface area contributed by atoms with Crippen molar-refractivity contribution in [3.8, 4) is 28.1 Å². The fourth-order valence-corrected chi connectivity index (χ4v) is 11.1. The summed E-state index contributed by atoms with van der Waals surface area (Å²) in [7, 11) is 0. The third-order valence-corrected chi connectivity index (χ3v) is 14.0. The summed E-state index contributed by atoms with van der Waals surface area (Å²) < 4.78 is 12.0. The van der Waals surface area contributed by atoms with Crippen molar-refractivity contribution >= 4 is 96.9 Å². The molecule has 0 spiro atoms. The maximum absolute atomic E-state index is 7.27. The highest BCUT2D eigenvalue weighted by Gasteiger charge is 2.32. The molecule has 0 N–H and O–H groups in total. The van der Waals surface area contributed by atoms with Crippen molar-refractivity contribution in [3.05, 3.63) is 216 Å². The highest BCUT2D eigenvalue weighted by molar-refractivity contribution is 7.99. The number of benzene rings is 8. The molecule has 0 atom stereocenters. The molecule has 3 aromatic heterocycles. The first-order valence-electron chi connectivity index (χ1n) is 21.2. The Balaban J connectivity index is 1.08. The molecule has 0 bridgehead atoms. The smallest absolute Gasteiger partial charge is 0.159 e. The Morgan fingerprint density at radius 1 is 0.524 bits per heavy atom. The van der Waals surface area contributed by atoms with Crippen LogP contribution in [-0.4, -0.2) is 9.13 Å². The predicted octanol–water partition coefficient (Wildman–Crippen LogP) is 14.5. The monoisotopic (exact) mass is 823 g/mol. The Morgan fingerprint density at radius 2 is 1.17 bits per heavy atom. The maximum atomic E-state index is 7.27. The number of rotatable bonds is 4. The van der Waals surface area contributed by atoms with Gasteiger partial charge in [0.05, 0.1) is 45.0 Å². The van der Waals surface area contributed by atoms with Crippen molar-refractivity contribution < 1.29 is 4.42 Å². The third-order valence-electron chi connectivity index (χ3n) is 12.8. The number of aromatic nitrogens is 2. The molecular weight excluding hydrogens is 787 g/mol. The molecular formula is C58H37N3OS. The van der Waals surface area contributed by atoms with Crippen molar-refractivity contribution in [2.24, 2.45) is 0 Å². The van der Waals surface area contributed by atoms with Crippen LogP contribution < -0.4 is 15.5 Å². The molecule has 0 amide bonds. The van der Waals surface area contributed by atoms with E-state index in [0.717, 1.165) is 72.5 Å². The van der Waals surface area contributed by atoms with Crippen LogP contribution in [0.3, 0.4) is 0 Å². The van der Waals surface area contributed by atoms with Gasteiger partial charge in [-0.2, -0.15) is 0 Å².